The Labute approximate surface area is 112 Å². The Hall–Kier alpha value is -1.36. The van der Waals surface area contributed by atoms with Crippen molar-refractivity contribution in [3.05, 3.63) is 23.2 Å². The average molecular weight is 272 g/mol. The molecule has 18 heavy (non-hydrogen) atoms. The van der Waals surface area contributed by atoms with Gasteiger partial charge in [-0.05, 0) is 12.8 Å². The fourth-order valence-electron chi connectivity index (χ4n) is 1.40. The molecular weight excluding hydrogens is 254 g/mol. The highest BCUT2D eigenvalue weighted by Crippen LogP contribution is 2.15. The van der Waals surface area contributed by atoms with Gasteiger partial charge >= 0.3 is 6.09 Å². The topological polar surface area (TPSA) is 64.1 Å². The summed E-state index contributed by atoms with van der Waals surface area (Å²) in [7, 11) is 0. The first-order valence-corrected chi connectivity index (χ1v) is 6.45. The minimum atomic E-state index is -0.433. The first-order valence-electron chi connectivity index (χ1n) is 6.08. The van der Waals surface area contributed by atoms with E-state index < -0.39 is 6.09 Å². The van der Waals surface area contributed by atoms with Crippen LogP contribution in [0.5, 0.6) is 0 Å². The number of carbonyl (C=O) groups is 1. The molecule has 1 amide bonds. The van der Waals surface area contributed by atoms with E-state index >= 15 is 0 Å². The Kier molecular flexibility index (Phi) is 6.43. The van der Waals surface area contributed by atoms with Crippen molar-refractivity contribution in [2.75, 3.05) is 6.61 Å². The summed E-state index contributed by atoms with van der Waals surface area (Å²) in [5.41, 5.74) is 0.637. The van der Waals surface area contributed by atoms with E-state index in [1.807, 2.05) is 13.8 Å². The van der Waals surface area contributed by atoms with E-state index in [9.17, 15) is 4.79 Å². The van der Waals surface area contributed by atoms with Crippen LogP contribution in [0.3, 0.4) is 0 Å². The van der Waals surface area contributed by atoms with Crippen LogP contribution in [-0.4, -0.2) is 22.7 Å². The fourth-order valence-corrected chi connectivity index (χ4v) is 1.56. The summed E-state index contributed by atoms with van der Waals surface area (Å²) in [5, 5.41) is 3.06. The van der Waals surface area contributed by atoms with E-state index in [-0.39, 0.29) is 6.04 Å². The van der Waals surface area contributed by atoms with Crippen molar-refractivity contribution in [2.45, 2.75) is 39.2 Å². The molecule has 1 N–H and O–H groups in total. The highest BCUT2D eigenvalue weighted by atomic mass is 35.5. The lowest BCUT2D eigenvalue weighted by Crippen LogP contribution is -2.29. The van der Waals surface area contributed by atoms with Gasteiger partial charge in [0.1, 0.15) is 5.15 Å². The summed E-state index contributed by atoms with van der Waals surface area (Å²) in [6, 6.07) is -0.231. The number of halogens is 1. The third-order valence-electron chi connectivity index (χ3n) is 2.41. The maximum absolute atomic E-state index is 11.5. The predicted molar refractivity (Wildman–Crippen MR) is 69.5 cm³/mol. The lowest BCUT2D eigenvalue weighted by Gasteiger charge is -2.16. The number of nitrogens with one attached hydrogen (secondary N) is 1. The van der Waals surface area contributed by atoms with E-state index in [4.69, 9.17) is 16.3 Å². The summed E-state index contributed by atoms with van der Waals surface area (Å²) in [4.78, 5) is 19.6. The van der Waals surface area contributed by atoms with Gasteiger partial charge in [-0.1, -0.05) is 31.9 Å². The third kappa shape index (κ3) is 4.87. The third-order valence-corrected chi connectivity index (χ3v) is 2.59. The zero-order valence-corrected chi connectivity index (χ0v) is 11.4. The number of alkyl carbamates (subject to hydrolysis) is 1. The van der Waals surface area contributed by atoms with Crippen LogP contribution >= 0.6 is 11.6 Å². The molecule has 1 aromatic rings. The molecule has 1 unspecified atom stereocenters. The Bertz CT molecular complexity index is 387. The summed E-state index contributed by atoms with van der Waals surface area (Å²) in [5.74, 6) is 0. The standard InChI is InChI=1S/C12H18ClN3O2/c1-3-5-6-18-12(17)16-9(4-2)10-7-14-8-11(13)15-10/h7-9H,3-6H2,1-2H3,(H,16,17). The van der Waals surface area contributed by atoms with Gasteiger partial charge < -0.3 is 10.1 Å². The van der Waals surface area contributed by atoms with Crippen molar-refractivity contribution in [1.82, 2.24) is 15.3 Å². The van der Waals surface area contributed by atoms with Crippen LogP contribution in [-0.2, 0) is 4.74 Å². The molecular formula is C12H18ClN3O2. The highest BCUT2D eigenvalue weighted by Gasteiger charge is 2.15. The van der Waals surface area contributed by atoms with Gasteiger partial charge in [0.05, 0.1) is 30.7 Å². The molecule has 0 spiro atoms. The Morgan fingerprint density at radius 3 is 2.89 bits per heavy atom. The number of nitrogens with zero attached hydrogens (tertiary/aromatic N) is 2. The van der Waals surface area contributed by atoms with Gasteiger partial charge in [-0.2, -0.15) is 0 Å². The van der Waals surface area contributed by atoms with E-state index in [2.05, 4.69) is 15.3 Å². The molecule has 1 rings (SSSR count). The Morgan fingerprint density at radius 2 is 2.28 bits per heavy atom. The number of hydrogen-bond donors (Lipinski definition) is 1. The van der Waals surface area contributed by atoms with E-state index in [1.54, 1.807) is 6.20 Å². The number of amides is 1. The van der Waals surface area contributed by atoms with E-state index in [0.29, 0.717) is 23.9 Å². The molecule has 0 saturated heterocycles. The van der Waals surface area contributed by atoms with Crippen molar-refractivity contribution in [1.29, 1.82) is 0 Å². The number of hydrogen-bond acceptors (Lipinski definition) is 4. The van der Waals surface area contributed by atoms with Gasteiger partial charge in [0, 0.05) is 0 Å². The molecule has 100 valence electrons. The maximum atomic E-state index is 11.5. The Balaban J connectivity index is 2.54. The summed E-state index contributed by atoms with van der Waals surface area (Å²) in [6.07, 6.45) is 5.16. The largest absolute Gasteiger partial charge is 0.450 e. The van der Waals surface area contributed by atoms with Crippen LogP contribution in [0.1, 0.15) is 44.8 Å². The van der Waals surface area contributed by atoms with Crippen molar-refractivity contribution in [2.24, 2.45) is 0 Å². The Morgan fingerprint density at radius 1 is 1.50 bits per heavy atom. The second-order valence-electron chi connectivity index (χ2n) is 3.86. The van der Waals surface area contributed by atoms with Crippen LogP contribution in [0, 0.1) is 0 Å². The molecule has 0 aromatic carbocycles. The van der Waals surface area contributed by atoms with Gasteiger partial charge in [0.15, 0.2) is 0 Å². The molecule has 0 aliphatic carbocycles. The predicted octanol–water partition coefficient (Wildman–Crippen LogP) is 3.11. The smallest absolute Gasteiger partial charge is 0.407 e. The average Bonchev–Trinajstić information content (AvgIpc) is 2.36. The van der Waals surface area contributed by atoms with Crippen molar-refractivity contribution in [3.8, 4) is 0 Å². The normalized spacial score (nSPS) is 11.9. The summed E-state index contributed by atoms with van der Waals surface area (Å²) < 4.78 is 5.04. The number of rotatable bonds is 6. The van der Waals surface area contributed by atoms with E-state index in [1.165, 1.54) is 6.20 Å². The fraction of sp³-hybridized carbons (Fsp3) is 0.583. The molecule has 0 bridgehead atoms. The monoisotopic (exact) mass is 271 g/mol. The number of carbonyl (C=O) groups excluding carboxylic acids is 1. The molecule has 0 radical (unpaired) electrons. The van der Waals surface area contributed by atoms with Gasteiger partial charge in [-0.3, -0.25) is 4.98 Å². The molecule has 1 atom stereocenters. The molecule has 0 saturated carbocycles. The molecule has 0 aliphatic rings. The lowest BCUT2D eigenvalue weighted by atomic mass is 10.1. The number of aromatic nitrogens is 2. The van der Waals surface area contributed by atoms with Crippen LogP contribution in [0.15, 0.2) is 12.4 Å². The van der Waals surface area contributed by atoms with Crippen molar-refractivity contribution in [3.63, 3.8) is 0 Å². The molecule has 0 fully saturated rings. The second kappa shape index (κ2) is 7.87. The molecule has 0 aliphatic heterocycles. The highest BCUT2D eigenvalue weighted by molar-refractivity contribution is 6.29. The quantitative estimate of drug-likeness (QED) is 0.808. The first kappa shape index (κ1) is 14.7. The van der Waals surface area contributed by atoms with Crippen LogP contribution in [0.25, 0.3) is 0 Å². The lowest BCUT2D eigenvalue weighted by molar-refractivity contribution is 0.140. The maximum Gasteiger partial charge on any atom is 0.407 e. The van der Waals surface area contributed by atoms with Crippen molar-refractivity contribution >= 4 is 17.7 Å². The molecule has 5 nitrogen and oxygen atoms in total. The minimum Gasteiger partial charge on any atom is -0.450 e. The van der Waals surface area contributed by atoms with Crippen LogP contribution in [0.4, 0.5) is 4.79 Å². The second-order valence-corrected chi connectivity index (χ2v) is 4.25. The van der Waals surface area contributed by atoms with E-state index in [0.717, 1.165) is 12.8 Å². The first-order chi connectivity index (χ1) is 8.67. The van der Waals surface area contributed by atoms with Gasteiger partial charge in [0.2, 0.25) is 0 Å². The minimum absolute atomic E-state index is 0.231. The SMILES string of the molecule is CCCCOC(=O)NC(CC)c1cncc(Cl)n1. The van der Waals surface area contributed by atoms with Gasteiger partial charge in [-0.25, -0.2) is 9.78 Å². The molecule has 1 aromatic heterocycles. The van der Waals surface area contributed by atoms with Crippen molar-refractivity contribution < 1.29 is 9.53 Å². The van der Waals surface area contributed by atoms with Crippen LogP contribution in [0.2, 0.25) is 5.15 Å². The number of unbranched alkanes of at least 4 members (excludes halogenated alkanes) is 1. The molecule has 1 heterocycles. The van der Waals surface area contributed by atoms with Crippen LogP contribution < -0.4 is 5.32 Å². The summed E-state index contributed by atoms with van der Waals surface area (Å²) in [6.45, 7) is 4.41. The summed E-state index contributed by atoms with van der Waals surface area (Å²) >= 11 is 5.77. The molecule has 6 heteroatoms. The van der Waals surface area contributed by atoms with Gasteiger partial charge in [0.25, 0.3) is 0 Å². The zero-order chi connectivity index (χ0) is 13.4. The van der Waals surface area contributed by atoms with Gasteiger partial charge in [-0.15, -0.1) is 0 Å². The number of ether oxygens (including phenoxy) is 1. The zero-order valence-electron chi connectivity index (χ0n) is 10.6.